The van der Waals surface area contributed by atoms with Gasteiger partial charge in [0.2, 0.25) is 0 Å². The first-order valence-corrected chi connectivity index (χ1v) is 8.71. The highest BCUT2D eigenvalue weighted by atomic mass is 16.7. The Bertz CT molecular complexity index is 249. The summed E-state index contributed by atoms with van der Waals surface area (Å²) in [5.74, 6) is 0.413. The van der Waals surface area contributed by atoms with Gasteiger partial charge in [0.1, 0.15) is 0 Å². The molecule has 0 aromatic heterocycles. The van der Waals surface area contributed by atoms with Gasteiger partial charge in [-0.1, -0.05) is 65.2 Å². The summed E-state index contributed by atoms with van der Waals surface area (Å²) in [4.78, 5) is 10.9. The first kappa shape index (κ1) is 20.2. The molecule has 0 amide bonds. The van der Waals surface area contributed by atoms with Gasteiger partial charge in [-0.2, -0.15) is 0 Å². The van der Waals surface area contributed by atoms with Crippen molar-refractivity contribution in [3.63, 3.8) is 0 Å². The molecule has 3 heteroatoms. The third kappa shape index (κ3) is 15.4. The third-order valence-electron chi connectivity index (χ3n) is 3.47. The maximum atomic E-state index is 10.9. The molecule has 124 valence electrons. The molecule has 0 fully saturated rings. The smallest absolute Gasteiger partial charge is 0.189 e. The van der Waals surface area contributed by atoms with Crippen LogP contribution in [0.2, 0.25) is 0 Å². The molecule has 0 rings (SSSR count). The standard InChI is InChI=1S/C18H34O3/c1-3-5-7-9-10-12-14-18(16-19)21-17-20-15-13-11-8-6-4-2/h14,16H,3-13,15,17H2,1-2H3/b18-14+. The van der Waals surface area contributed by atoms with Gasteiger partial charge in [-0.25, -0.2) is 0 Å². The van der Waals surface area contributed by atoms with Crippen molar-refractivity contribution in [2.24, 2.45) is 0 Å². The molecule has 0 aliphatic carbocycles. The van der Waals surface area contributed by atoms with Crippen LogP contribution in [-0.4, -0.2) is 19.7 Å². The molecule has 0 bridgehead atoms. The summed E-state index contributed by atoms with van der Waals surface area (Å²) in [7, 11) is 0. The molecule has 0 saturated carbocycles. The van der Waals surface area contributed by atoms with Crippen molar-refractivity contribution in [1.29, 1.82) is 0 Å². The van der Waals surface area contributed by atoms with Crippen molar-refractivity contribution in [3.05, 3.63) is 11.8 Å². The quantitative estimate of drug-likeness (QED) is 0.126. The van der Waals surface area contributed by atoms with Crippen LogP contribution in [0.5, 0.6) is 0 Å². The monoisotopic (exact) mass is 298 g/mol. The Morgan fingerprint density at radius 1 is 0.857 bits per heavy atom. The third-order valence-corrected chi connectivity index (χ3v) is 3.47. The second-order valence-electron chi connectivity index (χ2n) is 5.51. The number of rotatable bonds is 16. The minimum atomic E-state index is 0.189. The zero-order chi connectivity index (χ0) is 15.6. The van der Waals surface area contributed by atoms with E-state index in [9.17, 15) is 4.79 Å². The van der Waals surface area contributed by atoms with Gasteiger partial charge >= 0.3 is 0 Å². The number of carbonyl (C=O) groups excluding carboxylic acids is 1. The van der Waals surface area contributed by atoms with Crippen molar-refractivity contribution in [2.45, 2.75) is 84.5 Å². The SMILES string of the molecule is CCCCCCC/C=C(\C=O)OCOCCCCCCC. The lowest BCUT2D eigenvalue weighted by molar-refractivity contribution is -0.111. The lowest BCUT2D eigenvalue weighted by Gasteiger charge is -2.07. The van der Waals surface area contributed by atoms with E-state index in [0.717, 1.165) is 25.5 Å². The summed E-state index contributed by atoms with van der Waals surface area (Å²) in [6.07, 6.45) is 15.9. The van der Waals surface area contributed by atoms with E-state index in [1.807, 2.05) is 6.08 Å². The molecule has 0 N–H and O–H groups in total. The van der Waals surface area contributed by atoms with Crippen LogP contribution in [0, 0.1) is 0 Å². The van der Waals surface area contributed by atoms with E-state index in [4.69, 9.17) is 9.47 Å². The van der Waals surface area contributed by atoms with E-state index < -0.39 is 0 Å². The number of ether oxygens (including phenoxy) is 2. The number of hydrogen-bond acceptors (Lipinski definition) is 3. The lowest BCUT2D eigenvalue weighted by Crippen LogP contribution is -2.02. The van der Waals surface area contributed by atoms with E-state index >= 15 is 0 Å². The highest BCUT2D eigenvalue weighted by Gasteiger charge is 1.97. The molecule has 0 unspecified atom stereocenters. The van der Waals surface area contributed by atoms with E-state index in [2.05, 4.69) is 13.8 Å². The summed E-state index contributed by atoms with van der Waals surface area (Å²) in [5, 5.41) is 0. The molecule has 0 aliphatic rings. The second-order valence-corrected chi connectivity index (χ2v) is 5.51. The minimum Gasteiger partial charge on any atom is -0.464 e. The van der Waals surface area contributed by atoms with E-state index in [1.54, 1.807) is 0 Å². The van der Waals surface area contributed by atoms with Gasteiger partial charge in [-0.15, -0.1) is 0 Å². The van der Waals surface area contributed by atoms with Crippen molar-refractivity contribution < 1.29 is 14.3 Å². The Balaban J connectivity index is 3.45. The topological polar surface area (TPSA) is 35.5 Å². The van der Waals surface area contributed by atoms with Crippen LogP contribution in [0.25, 0.3) is 0 Å². The summed E-state index contributed by atoms with van der Waals surface area (Å²) >= 11 is 0. The van der Waals surface area contributed by atoms with Crippen LogP contribution >= 0.6 is 0 Å². The Hall–Kier alpha value is -0.830. The fourth-order valence-electron chi connectivity index (χ4n) is 2.11. The Morgan fingerprint density at radius 3 is 2.10 bits per heavy atom. The number of hydrogen-bond donors (Lipinski definition) is 0. The van der Waals surface area contributed by atoms with Gasteiger partial charge in [0.15, 0.2) is 18.8 Å². The summed E-state index contributed by atoms with van der Waals surface area (Å²) in [6.45, 7) is 5.32. The predicted molar refractivity (Wildman–Crippen MR) is 88.2 cm³/mol. The van der Waals surface area contributed by atoms with Gasteiger partial charge in [-0.3, -0.25) is 4.79 Å². The molecular weight excluding hydrogens is 264 g/mol. The van der Waals surface area contributed by atoms with Crippen LogP contribution < -0.4 is 0 Å². The Labute approximate surface area is 131 Å². The van der Waals surface area contributed by atoms with Crippen LogP contribution in [-0.2, 0) is 14.3 Å². The number of unbranched alkanes of at least 4 members (excludes halogenated alkanes) is 9. The molecule has 0 spiro atoms. The number of aldehydes is 1. The molecule has 21 heavy (non-hydrogen) atoms. The normalized spacial score (nSPS) is 11.6. The van der Waals surface area contributed by atoms with Gasteiger partial charge in [0.05, 0.1) is 6.61 Å². The van der Waals surface area contributed by atoms with Gasteiger partial charge < -0.3 is 9.47 Å². The predicted octanol–water partition coefficient (Wildman–Crippen LogP) is 5.39. The molecule has 3 nitrogen and oxygen atoms in total. The maximum absolute atomic E-state index is 10.9. The largest absolute Gasteiger partial charge is 0.464 e. The second kappa shape index (κ2) is 17.2. The van der Waals surface area contributed by atoms with E-state index in [0.29, 0.717) is 12.4 Å². The fraction of sp³-hybridized carbons (Fsp3) is 0.833. The molecule has 0 heterocycles. The highest BCUT2D eigenvalue weighted by Crippen LogP contribution is 2.07. The molecule has 0 saturated heterocycles. The minimum absolute atomic E-state index is 0.189. The molecular formula is C18H34O3. The molecule has 0 radical (unpaired) electrons. The first-order chi connectivity index (χ1) is 10.3. The molecule has 0 aliphatic heterocycles. The fourth-order valence-corrected chi connectivity index (χ4v) is 2.11. The van der Waals surface area contributed by atoms with Crippen molar-refractivity contribution >= 4 is 6.29 Å². The van der Waals surface area contributed by atoms with E-state index in [-0.39, 0.29) is 6.79 Å². The zero-order valence-electron chi connectivity index (χ0n) is 14.1. The molecule has 0 atom stereocenters. The summed E-state index contributed by atoms with van der Waals surface area (Å²) in [5.41, 5.74) is 0. The Morgan fingerprint density at radius 2 is 1.48 bits per heavy atom. The molecule has 0 aromatic carbocycles. The Kier molecular flexibility index (Phi) is 16.5. The van der Waals surface area contributed by atoms with Crippen LogP contribution in [0.1, 0.15) is 84.5 Å². The van der Waals surface area contributed by atoms with Crippen LogP contribution in [0.4, 0.5) is 0 Å². The summed E-state index contributed by atoms with van der Waals surface area (Å²) in [6, 6.07) is 0. The number of allylic oxidation sites excluding steroid dienone is 2. The van der Waals surface area contributed by atoms with Crippen LogP contribution in [0.3, 0.4) is 0 Å². The van der Waals surface area contributed by atoms with Crippen LogP contribution in [0.15, 0.2) is 11.8 Å². The molecule has 0 aromatic rings. The van der Waals surface area contributed by atoms with Gasteiger partial charge in [0, 0.05) is 0 Å². The zero-order valence-corrected chi connectivity index (χ0v) is 14.1. The first-order valence-electron chi connectivity index (χ1n) is 8.71. The van der Waals surface area contributed by atoms with Crippen molar-refractivity contribution in [2.75, 3.05) is 13.4 Å². The van der Waals surface area contributed by atoms with Gasteiger partial charge in [0.25, 0.3) is 0 Å². The van der Waals surface area contributed by atoms with Crippen molar-refractivity contribution in [3.8, 4) is 0 Å². The average Bonchev–Trinajstić information content (AvgIpc) is 2.51. The maximum Gasteiger partial charge on any atom is 0.189 e. The summed E-state index contributed by atoms with van der Waals surface area (Å²) < 4.78 is 10.7. The highest BCUT2D eigenvalue weighted by molar-refractivity contribution is 5.69. The van der Waals surface area contributed by atoms with Crippen molar-refractivity contribution in [1.82, 2.24) is 0 Å². The van der Waals surface area contributed by atoms with Gasteiger partial charge in [-0.05, 0) is 25.3 Å². The average molecular weight is 298 g/mol. The van der Waals surface area contributed by atoms with E-state index in [1.165, 1.54) is 51.4 Å². The lowest BCUT2D eigenvalue weighted by atomic mass is 10.1. The number of carbonyl (C=O) groups is 1.